The van der Waals surface area contributed by atoms with Gasteiger partial charge in [0, 0.05) is 13.5 Å². The van der Waals surface area contributed by atoms with E-state index in [4.69, 9.17) is 4.74 Å². The van der Waals surface area contributed by atoms with Crippen LogP contribution in [0.5, 0.6) is 5.75 Å². The molecule has 1 aliphatic rings. The Labute approximate surface area is 93.6 Å². The molecule has 16 heavy (non-hydrogen) atoms. The first kappa shape index (κ1) is 11.3. The van der Waals surface area contributed by atoms with Crippen molar-refractivity contribution in [1.82, 2.24) is 5.32 Å². The quantitative estimate of drug-likeness (QED) is 0.856. The standard InChI is InChI=1S/C12H15F2NO/c1-12(13,14)8-16-11-4-2-3-9-7-15-6-5-10(9)11/h2-4,15H,5-8H2,1H3. The first-order chi connectivity index (χ1) is 7.56. The Kier molecular flexibility index (Phi) is 3.10. The van der Waals surface area contributed by atoms with E-state index in [1.54, 1.807) is 6.07 Å². The molecule has 0 spiro atoms. The maximum atomic E-state index is 12.7. The highest BCUT2D eigenvalue weighted by atomic mass is 19.3. The highest BCUT2D eigenvalue weighted by Crippen LogP contribution is 2.26. The molecule has 0 unspecified atom stereocenters. The van der Waals surface area contributed by atoms with Gasteiger partial charge in [-0.15, -0.1) is 0 Å². The van der Waals surface area contributed by atoms with Crippen molar-refractivity contribution in [2.24, 2.45) is 0 Å². The van der Waals surface area contributed by atoms with Gasteiger partial charge in [0.2, 0.25) is 0 Å². The van der Waals surface area contributed by atoms with Crippen LogP contribution in [0.2, 0.25) is 0 Å². The lowest BCUT2D eigenvalue weighted by molar-refractivity contribution is -0.0232. The van der Waals surface area contributed by atoms with E-state index < -0.39 is 12.5 Å². The number of rotatable bonds is 3. The molecule has 1 aromatic carbocycles. The van der Waals surface area contributed by atoms with Crippen molar-refractivity contribution in [2.45, 2.75) is 25.8 Å². The molecule has 1 N–H and O–H groups in total. The molecule has 1 heterocycles. The maximum absolute atomic E-state index is 12.7. The minimum absolute atomic E-state index is 0.559. The third kappa shape index (κ3) is 2.70. The van der Waals surface area contributed by atoms with Gasteiger partial charge < -0.3 is 10.1 Å². The smallest absolute Gasteiger partial charge is 0.278 e. The predicted octanol–water partition coefficient (Wildman–Crippen LogP) is 2.37. The van der Waals surface area contributed by atoms with Crippen LogP contribution in [0, 0.1) is 0 Å². The fourth-order valence-electron chi connectivity index (χ4n) is 1.84. The van der Waals surface area contributed by atoms with Crippen LogP contribution in [0.15, 0.2) is 18.2 Å². The normalized spacial score (nSPS) is 15.7. The minimum Gasteiger partial charge on any atom is -0.487 e. The SMILES string of the molecule is CC(F)(F)COc1cccc2c1CCNC2. The molecule has 0 saturated carbocycles. The Hall–Kier alpha value is -1.16. The van der Waals surface area contributed by atoms with E-state index in [0.717, 1.165) is 37.6 Å². The van der Waals surface area contributed by atoms with Crippen LogP contribution in [0.3, 0.4) is 0 Å². The molecule has 1 aliphatic heterocycles. The molecule has 88 valence electrons. The van der Waals surface area contributed by atoms with E-state index >= 15 is 0 Å². The topological polar surface area (TPSA) is 21.3 Å². The lowest BCUT2D eigenvalue weighted by atomic mass is 10.0. The molecule has 4 heteroatoms. The van der Waals surface area contributed by atoms with E-state index in [-0.39, 0.29) is 0 Å². The van der Waals surface area contributed by atoms with Crippen LogP contribution in [0.25, 0.3) is 0 Å². The van der Waals surface area contributed by atoms with Crippen LogP contribution in [0.4, 0.5) is 8.78 Å². The Morgan fingerprint density at radius 1 is 1.44 bits per heavy atom. The first-order valence-electron chi connectivity index (χ1n) is 5.38. The summed E-state index contributed by atoms with van der Waals surface area (Å²) in [6.07, 6.45) is 0.834. The van der Waals surface area contributed by atoms with Crippen LogP contribution < -0.4 is 10.1 Å². The van der Waals surface area contributed by atoms with Crippen molar-refractivity contribution < 1.29 is 13.5 Å². The van der Waals surface area contributed by atoms with Crippen LogP contribution >= 0.6 is 0 Å². The van der Waals surface area contributed by atoms with E-state index in [9.17, 15) is 8.78 Å². The van der Waals surface area contributed by atoms with Gasteiger partial charge in [-0.25, -0.2) is 8.78 Å². The molecule has 2 nitrogen and oxygen atoms in total. The zero-order valence-electron chi connectivity index (χ0n) is 9.22. The number of hydrogen-bond donors (Lipinski definition) is 1. The third-order valence-electron chi connectivity index (χ3n) is 2.58. The zero-order valence-corrected chi connectivity index (χ0v) is 9.22. The van der Waals surface area contributed by atoms with Gasteiger partial charge in [0.05, 0.1) is 0 Å². The summed E-state index contributed by atoms with van der Waals surface area (Å²) >= 11 is 0. The number of benzene rings is 1. The minimum atomic E-state index is -2.78. The summed E-state index contributed by atoms with van der Waals surface area (Å²) in [6, 6.07) is 5.60. The highest BCUT2D eigenvalue weighted by Gasteiger charge is 2.23. The van der Waals surface area contributed by atoms with Gasteiger partial charge in [0.15, 0.2) is 6.61 Å². The average molecular weight is 227 g/mol. The molecule has 0 aliphatic carbocycles. The van der Waals surface area contributed by atoms with Crippen molar-refractivity contribution in [3.63, 3.8) is 0 Å². The number of alkyl halides is 2. The molecule has 0 amide bonds. The zero-order chi connectivity index (χ0) is 11.6. The van der Waals surface area contributed by atoms with Crippen molar-refractivity contribution >= 4 is 0 Å². The van der Waals surface area contributed by atoms with Crippen molar-refractivity contribution in [3.05, 3.63) is 29.3 Å². The average Bonchev–Trinajstić information content (AvgIpc) is 2.25. The van der Waals surface area contributed by atoms with Crippen molar-refractivity contribution in [1.29, 1.82) is 0 Å². The molecule has 0 saturated heterocycles. The molecule has 0 atom stereocenters. The summed E-state index contributed by atoms with van der Waals surface area (Å²) in [5, 5.41) is 3.24. The molecule has 0 radical (unpaired) electrons. The van der Waals surface area contributed by atoms with Gasteiger partial charge in [-0.1, -0.05) is 12.1 Å². The second-order valence-electron chi connectivity index (χ2n) is 4.18. The predicted molar refractivity (Wildman–Crippen MR) is 58.0 cm³/mol. The van der Waals surface area contributed by atoms with E-state index in [0.29, 0.717) is 5.75 Å². The fourth-order valence-corrected chi connectivity index (χ4v) is 1.84. The third-order valence-corrected chi connectivity index (χ3v) is 2.58. The van der Waals surface area contributed by atoms with Crippen LogP contribution in [-0.4, -0.2) is 19.1 Å². The number of fused-ring (bicyclic) bond motifs is 1. The molecule has 0 bridgehead atoms. The molecule has 0 aromatic heterocycles. The molecular formula is C12H15F2NO. The fraction of sp³-hybridized carbons (Fsp3) is 0.500. The lowest BCUT2D eigenvalue weighted by Gasteiger charge is -2.21. The molecule has 1 aromatic rings. The van der Waals surface area contributed by atoms with Gasteiger partial charge in [0.1, 0.15) is 5.75 Å². The van der Waals surface area contributed by atoms with Gasteiger partial charge >= 0.3 is 0 Å². The monoisotopic (exact) mass is 227 g/mol. The Morgan fingerprint density at radius 2 is 2.25 bits per heavy atom. The van der Waals surface area contributed by atoms with Crippen LogP contribution in [-0.2, 0) is 13.0 Å². The lowest BCUT2D eigenvalue weighted by Crippen LogP contribution is -2.26. The van der Waals surface area contributed by atoms with Crippen LogP contribution in [0.1, 0.15) is 18.1 Å². The van der Waals surface area contributed by atoms with Gasteiger partial charge in [-0.2, -0.15) is 0 Å². The molecular weight excluding hydrogens is 212 g/mol. The summed E-state index contributed by atoms with van der Waals surface area (Å²) in [7, 11) is 0. The Morgan fingerprint density at radius 3 is 3.00 bits per heavy atom. The van der Waals surface area contributed by atoms with E-state index in [1.807, 2.05) is 12.1 Å². The summed E-state index contributed by atoms with van der Waals surface area (Å²) in [5.74, 6) is -2.18. The summed E-state index contributed by atoms with van der Waals surface area (Å²) in [6.45, 7) is 1.96. The molecule has 2 rings (SSSR count). The Balaban J connectivity index is 2.15. The van der Waals surface area contributed by atoms with E-state index in [1.165, 1.54) is 0 Å². The van der Waals surface area contributed by atoms with Gasteiger partial charge in [0.25, 0.3) is 5.92 Å². The number of ether oxygens (including phenoxy) is 1. The van der Waals surface area contributed by atoms with Gasteiger partial charge in [-0.05, 0) is 30.2 Å². The van der Waals surface area contributed by atoms with Gasteiger partial charge in [-0.3, -0.25) is 0 Å². The Bertz CT molecular complexity index is 374. The summed E-state index contributed by atoms with van der Waals surface area (Å²) in [4.78, 5) is 0. The first-order valence-corrected chi connectivity index (χ1v) is 5.38. The second kappa shape index (κ2) is 4.37. The summed E-state index contributed by atoms with van der Waals surface area (Å²) in [5.41, 5.74) is 2.20. The van der Waals surface area contributed by atoms with E-state index in [2.05, 4.69) is 5.32 Å². The second-order valence-corrected chi connectivity index (χ2v) is 4.18. The molecule has 0 fully saturated rings. The van der Waals surface area contributed by atoms with Crippen molar-refractivity contribution in [3.8, 4) is 5.75 Å². The largest absolute Gasteiger partial charge is 0.487 e. The number of nitrogens with one attached hydrogen (secondary N) is 1. The number of hydrogen-bond acceptors (Lipinski definition) is 2. The number of halogens is 2. The maximum Gasteiger partial charge on any atom is 0.278 e. The highest BCUT2D eigenvalue weighted by molar-refractivity contribution is 5.41. The summed E-state index contributed by atoms with van der Waals surface area (Å²) < 4.78 is 30.6. The van der Waals surface area contributed by atoms with Crippen molar-refractivity contribution in [2.75, 3.05) is 13.2 Å².